The number of para-hydroxylation sites is 1. The van der Waals surface area contributed by atoms with Gasteiger partial charge in [-0.1, -0.05) is 24.3 Å². The molecule has 0 fully saturated rings. The molecule has 0 radical (unpaired) electrons. The summed E-state index contributed by atoms with van der Waals surface area (Å²) in [6.07, 6.45) is 2.05. The number of aromatic nitrogens is 1. The molecule has 1 aromatic heterocycles. The molecule has 1 heterocycles. The van der Waals surface area contributed by atoms with Gasteiger partial charge in [0.25, 0.3) is 0 Å². The first kappa shape index (κ1) is 17.7. The Morgan fingerprint density at radius 1 is 1.12 bits per heavy atom. The van der Waals surface area contributed by atoms with E-state index in [1.165, 1.54) is 0 Å². The molecule has 0 unspecified atom stereocenters. The lowest BCUT2D eigenvalue weighted by Gasteiger charge is -2.09. The number of carbonyl (C=O) groups is 2. The molecule has 5 nitrogen and oxygen atoms in total. The van der Waals surface area contributed by atoms with Crippen molar-refractivity contribution in [3.8, 4) is 0 Å². The van der Waals surface area contributed by atoms with E-state index in [0.29, 0.717) is 11.3 Å². The molecule has 1 amide bonds. The topological polar surface area (TPSA) is 60.3 Å². The maximum Gasteiger partial charge on any atom is 0.338 e. The Balaban J connectivity index is 1.73. The van der Waals surface area contributed by atoms with Gasteiger partial charge in [0.05, 0.1) is 18.1 Å². The van der Waals surface area contributed by atoms with Gasteiger partial charge in [-0.05, 0) is 43.7 Å². The first-order valence-corrected chi connectivity index (χ1v) is 8.58. The number of nitrogens with zero attached hydrogens (tertiary/aromatic N) is 1. The minimum atomic E-state index is -0.398. The lowest BCUT2D eigenvalue weighted by molar-refractivity contribution is -0.115. The summed E-state index contributed by atoms with van der Waals surface area (Å²) < 4.78 is 7.20. The number of benzene rings is 2. The predicted octanol–water partition coefficient (Wildman–Crippen LogP) is 3.92. The van der Waals surface area contributed by atoms with Crippen LogP contribution in [0.25, 0.3) is 10.9 Å². The molecule has 0 saturated heterocycles. The summed E-state index contributed by atoms with van der Waals surface area (Å²) in [5, 5.41) is 3.93. The van der Waals surface area contributed by atoms with E-state index in [1.807, 2.05) is 42.1 Å². The summed E-state index contributed by atoms with van der Waals surface area (Å²) in [7, 11) is 1.97. The highest BCUT2D eigenvalue weighted by Crippen LogP contribution is 2.21. The highest BCUT2D eigenvalue weighted by Gasteiger charge is 2.13. The zero-order valence-corrected chi connectivity index (χ0v) is 15.2. The van der Waals surface area contributed by atoms with Crippen LogP contribution in [0.4, 0.5) is 5.69 Å². The second-order valence-corrected chi connectivity index (χ2v) is 6.54. The average molecular weight is 350 g/mol. The highest BCUT2D eigenvalue weighted by molar-refractivity contribution is 5.97. The summed E-state index contributed by atoms with van der Waals surface area (Å²) in [6, 6.07) is 14.8. The third-order valence-corrected chi connectivity index (χ3v) is 4.06. The number of rotatable bonds is 5. The van der Waals surface area contributed by atoms with E-state index in [1.54, 1.807) is 38.1 Å². The van der Waals surface area contributed by atoms with Crippen LogP contribution in [-0.2, 0) is 23.0 Å². The van der Waals surface area contributed by atoms with E-state index in [-0.39, 0.29) is 18.4 Å². The molecule has 3 aromatic rings. The number of fused-ring (bicyclic) bond motifs is 1. The molecule has 5 heteroatoms. The number of anilines is 1. The van der Waals surface area contributed by atoms with Gasteiger partial charge in [0, 0.05) is 29.8 Å². The minimum Gasteiger partial charge on any atom is -0.459 e. The zero-order valence-electron chi connectivity index (χ0n) is 15.2. The van der Waals surface area contributed by atoms with Crippen LogP contribution in [-0.4, -0.2) is 22.5 Å². The Kier molecular flexibility index (Phi) is 5.07. The van der Waals surface area contributed by atoms with Gasteiger partial charge in [-0.3, -0.25) is 4.79 Å². The summed E-state index contributed by atoms with van der Waals surface area (Å²) >= 11 is 0. The smallest absolute Gasteiger partial charge is 0.338 e. The van der Waals surface area contributed by atoms with Gasteiger partial charge in [-0.25, -0.2) is 4.79 Å². The summed E-state index contributed by atoms with van der Waals surface area (Å²) in [5.74, 6) is -0.527. The van der Waals surface area contributed by atoms with Crippen LogP contribution < -0.4 is 5.32 Å². The standard InChI is InChI=1S/C21H22N2O3/c1-14(2)26-21(25)15-7-6-8-17(11-15)22-20(24)12-16-13-23(3)19-10-5-4-9-18(16)19/h4-11,13-14H,12H2,1-3H3,(H,22,24). The van der Waals surface area contributed by atoms with Crippen molar-refractivity contribution in [1.29, 1.82) is 0 Å². The van der Waals surface area contributed by atoms with Gasteiger partial charge in [0.2, 0.25) is 5.91 Å². The first-order valence-electron chi connectivity index (χ1n) is 8.58. The lowest BCUT2D eigenvalue weighted by atomic mass is 10.1. The molecule has 134 valence electrons. The van der Waals surface area contributed by atoms with E-state index >= 15 is 0 Å². The highest BCUT2D eigenvalue weighted by atomic mass is 16.5. The number of esters is 1. The normalized spacial score (nSPS) is 10.9. The van der Waals surface area contributed by atoms with E-state index < -0.39 is 5.97 Å². The van der Waals surface area contributed by atoms with Gasteiger partial charge in [-0.15, -0.1) is 0 Å². The SMILES string of the molecule is CC(C)OC(=O)c1cccc(NC(=O)Cc2cn(C)c3ccccc23)c1. The number of nitrogens with one attached hydrogen (secondary N) is 1. The molecule has 3 rings (SSSR count). The molecule has 1 N–H and O–H groups in total. The Morgan fingerprint density at radius 3 is 2.65 bits per heavy atom. The third kappa shape index (κ3) is 3.94. The molecule has 0 aliphatic rings. The van der Waals surface area contributed by atoms with Crippen LogP contribution in [0.1, 0.15) is 29.8 Å². The Bertz CT molecular complexity index is 957. The lowest BCUT2D eigenvalue weighted by Crippen LogP contribution is -2.15. The van der Waals surface area contributed by atoms with Gasteiger partial charge in [0.1, 0.15) is 0 Å². The quantitative estimate of drug-likeness (QED) is 0.710. The van der Waals surface area contributed by atoms with Gasteiger partial charge < -0.3 is 14.6 Å². The van der Waals surface area contributed by atoms with Crippen LogP contribution in [0, 0.1) is 0 Å². The summed E-state index contributed by atoms with van der Waals surface area (Å²) in [5.41, 5.74) is 3.06. The van der Waals surface area contributed by atoms with Crippen molar-refractivity contribution in [3.63, 3.8) is 0 Å². The van der Waals surface area contributed by atoms with Crippen molar-refractivity contribution in [1.82, 2.24) is 4.57 Å². The fraction of sp³-hybridized carbons (Fsp3) is 0.238. The van der Waals surface area contributed by atoms with Gasteiger partial charge in [-0.2, -0.15) is 0 Å². The Morgan fingerprint density at radius 2 is 1.88 bits per heavy atom. The van der Waals surface area contributed by atoms with Crippen LogP contribution in [0.5, 0.6) is 0 Å². The summed E-state index contributed by atoms with van der Waals surface area (Å²) in [6.45, 7) is 3.60. The molecule has 0 aliphatic carbocycles. The summed E-state index contributed by atoms with van der Waals surface area (Å²) in [4.78, 5) is 24.5. The number of ether oxygens (including phenoxy) is 1. The van der Waals surface area contributed by atoms with E-state index in [2.05, 4.69) is 5.32 Å². The second kappa shape index (κ2) is 7.44. The number of amides is 1. The van der Waals surface area contributed by atoms with Crippen LogP contribution in [0.2, 0.25) is 0 Å². The molecule has 26 heavy (non-hydrogen) atoms. The molecule has 2 aromatic carbocycles. The third-order valence-electron chi connectivity index (χ3n) is 4.06. The molecular weight excluding hydrogens is 328 g/mol. The fourth-order valence-corrected chi connectivity index (χ4v) is 2.95. The minimum absolute atomic E-state index is 0.129. The van der Waals surface area contributed by atoms with Crippen LogP contribution >= 0.6 is 0 Å². The molecule has 0 bridgehead atoms. The molecule has 0 aliphatic heterocycles. The van der Waals surface area contributed by atoms with Crippen molar-refractivity contribution in [2.45, 2.75) is 26.4 Å². The van der Waals surface area contributed by atoms with Crippen molar-refractivity contribution in [3.05, 3.63) is 65.9 Å². The number of hydrogen-bond donors (Lipinski definition) is 1. The monoisotopic (exact) mass is 350 g/mol. The van der Waals surface area contributed by atoms with Gasteiger partial charge >= 0.3 is 5.97 Å². The molecule has 0 atom stereocenters. The first-order chi connectivity index (χ1) is 12.4. The molecular formula is C21H22N2O3. The van der Waals surface area contributed by atoms with Crippen molar-refractivity contribution >= 4 is 28.5 Å². The molecule has 0 saturated carbocycles. The molecule has 0 spiro atoms. The van der Waals surface area contributed by atoms with Crippen molar-refractivity contribution < 1.29 is 14.3 Å². The Hall–Kier alpha value is -3.08. The van der Waals surface area contributed by atoms with E-state index in [4.69, 9.17) is 4.74 Å². The van der Waals surface area contributed by atoms with Crippen molar-refractivity contribution in [2.75, 3.05) is 5.32 Å². The van der Waals surface area contributed by atoms with E-state index in [0.717, 1.165) is 16.5 Å². The number of aryl methyl sites for hydroxylation is 1. The maximum absolute atomic E-state index is 12.5. The van der Waals surface area contributed by atoms with Crippen LogP contribution in [0.15, 0.2) is 54.7 Å². The second-order valence-electron chi connectivity index (χ2n) is 6.54. The zero-order chi connectivity index (χ0) is 18.7. The fourth-order valence-electron chi connectivity index (χ4n) is 2.95. The largest absolute Gasteiger partial charge is 0.459 e. The maximum atomic E-state index is 12.5. The number of hydrogen-bond acceptors (Lipinski definition) is 3. The van der Waals surface area contributed by atoms with Crippen LogP contribution in [0.3, 0.4) is 0 Å². The number of carbonyl (C=O) groups excluding carboxylic acids is 2. The van der Waals surface area contributed by atoms with E-state index in [9.17, 15) is 9.59 Å². The predicted molar refractivity (Wildman–Crippen MR) is 102 cm³/mol. The van der Waals surface area contributed by atoms with Crippen molar-refractivity contribution in [2.24, 2.45) is 7.05 Å². The average Bonchev–Trinajstić information content (AvgIpc) is 2.91. The Labute approximate surface area is 152 Å². The van der Waals surface area contributed by atoms with Gasteiger partial charge in [0.15, 0.2) is 0 Å².